The van der Waals surface area contributed by atoms with E-state index >= 15 is 0 Å². The standard InChI is InChI=1S/C26H42O2/c1-3-4-5-6-7-8-13-18-26(19-14-10-15-20-26)24(21-22(2)25(27)28)23-16-11-9-12-17-23/h9,11-12,16-17,22,24H,3-8,10,13-15,18-21H2,1-2H3,(H,27,28). The van der Waals surface area contributed by atoms with Crippen LogP contribution in [0.4, 0.5) is 0 Å². The van der Waals surface area contributed by atoms with E-state index in [4.69, 9.17) is 0 Å². The summed E-state index contributed by atoms with van der Waals surface area (Å²) in [6.45, 7) is 4.16. The predicted molar refractivity (Wildman–Crippen MR) is 119 cm³/mol. The normalized spacial score (nSPS) is 18.5. The summed E-state index contributed by atoms with van der Waals surface area (Å²) in [4.78, 5) is 11.6. The molecule has 2 heteroatoms. The van der Waals surface area contributed by atoms with Crippen LogP contribution >= 0.6 is 0 Å². The third-order valence-electron chi connectivity index (χ3n) is 7.08. The minimum atomic E-state index is -0.650. The SMILES string of the molecule is CCCCCCCCCC1(C(CC(C)C(=O)O)c2ccccc2)CCCCC1. The van der Waals surface area contributed by atoms with Crippen molar-refractivity contribution in [1.29, 1.82) is 0 Å². The zero-order chi connectivity index (χ0) is 20.2. The maximum atomic E-state index is 11.6. The molecule has 0 spiro atoms. The molecule has 2 rings (SSSR count). The predicted octanol–water partition coefficient (Wildman–Crippen LogP) is 7.97. The Hall–Kier alpha value is -1.31. The highest BCUT2D eigenvalue weighted by molar-refractivity contribution is 5.69. The van der Waals surface area contributed by atoms with Crippen LogP contribution in [-0.4, -0.2) is 11.1 Å². The number of benzene rings is 1. The van der Waals surface area contributed by atoms with Crippen molar-refractivity contribution in [3.63, 3.8) is 0 Å². The molecule has 2 atom stereocenters. The first kappa shape index (κ1) is 23.0. The van der Waals surface area contributed by atoms with Crippen LogP contribution in [0.2, 0.25) is 0 Å². The van der Waals surface area contributed by atoms with E-state index in [-0.39, 0.29) is 5.92 Å². The molecule has 2 nitrogen and oxygen atoms in total. The van der Waals surface area contributed by atoms with Gasteiger partial charge in [0.05, 0.1) is 5.92 Å². The van der Waals surface area contributed by atoms with Gasteiger partial charge in [-0.25, -0.2) is 0 Å². The third kappa shape index (κ3) is 6.94. The molecule has 2 unspecified atom stereocenters. The largest absolute Gasteiger partial charge is 0.481 e. The van der Waals surface area contributed by atoms with Gasteiger partial charge < -0.3 is 5.11 Å². The fraction of sp³-hybridized carbons (Fsp3) is 0.731. The number of carbonyl (C=O) groups is 1. The lowest BCUT2D eigenvalue weighted by molar-refractivity contribution is -0.141. The first-order valence-electron chi connectivity index (χ1n) is 11.9. The van der Waals surface area contributed by atoms with Crippen molar-refractivity contribution < 1.29 is 9.90 Å². The van der Waals surface area contributed by atoms with Gasteiger partial charge in [-0.1, -0.05) is 108 Å². The fourth-order valence-corrected chi connectivity index (χ4v) is 5.34. The highest BCUT2D eigenvalue weighted by atomic mass is 16.4. The van der Waals surface area contributed by atoms with Crippen LogP contribution in [0.3, 0.4) is 0 Å². The molecule has 1 aromatic carbocycles. The maximum Gasteiger partial charge on any atom is 0.306 e. The molecule has 1 N–H and O–H groups in total. The Labute approximate surface area is 173 Å². The topological polar surface area (TPSA) is 37.3 Å². The van der Waals surface area contributed by atoms with Crippen LogP contribution in [0.15, 0.2) is 30.3 Å². The van der Waals surface area contributed by atoms with Gasteiger partial charge in [-0.15, -0.1) is 0 Å². The molecular weight excluding hydrogens is 344 g/mol. The van der Waals surface area contributed by atoms with Gasteiger partial charge in [0.2, 0.25) is 0 Å². The Bertz CT molecular complexity index is 545. The second-order valence-electron chi connectivity index (χ2n) is 9.23. The summed E-state index contributed by atoms with van der Waals surface area (Å²) < 4.78 is 0. The van der Waals surface area contributed by atoms with Gasteiger partial charge in [-0.05, 0) is 42.6 Å². The molecule has 158 valence electrons. The first-order chi connectivity index (χ1) is 13.6. The van der Waals surface area contributed by atoms with Crippen LogP contribution in [0.1, 0.15) is 115 Å². The molecule has 1 saturated carbocycles. The summed E-state index contributed by atoms with van der Waals surface area (Å²) in [7, 11) is 0. The quantitative estimate of drug-likeness (QED) is 0.349. The molecule has 1 fully saturated rings. The number of carboxylic acid groups (broad SMARTS) is 1. The zero-order valence-corrected chi connectivity index (χ0v) is 18.3. The number of unbranched alkanes of at least 4 members (excludes halogenated alkanes) is 6. The van der Waals surface area contributed by atoms with Gasteiger partial charge in [0.25, 0.3) is 0 Å². The molecule has 1 aliphatic rings. The molecule has 0 saturated heterocycles. The van der Waals surface area contributed by atoms with Crippen molar-refractivity contribution in [2.45, 2.75) is 110 Å². The Kier molecular flexibility index (Phi) is 10.1. The van der Waals surface area contributed by atoms with Crippen molar-refractivity contribution >= 4 is 5.97 Å². The number of hydrogen-bond donors (Lipinski definition) is 1. The fourth-order valence-electron chi connectivity index (χ4n) is 5.34. The number of aliphatic carboxylic acids is 1. The van der Waals surface area contributed by atoms with Crippen LogP contribution in [0, 0.1) is 11.3 Å². The van der Waals surface area contributed by atoms with Gasteiger partial charge in [-0.3, -0.25) is 4.79 Å². The van der Waals surface area contributed by atoms with E-state index in [0.29, 0.717) is 11.3 Å². The summed E-state index contributed by atoms with van der Waals surface area (Å²) >= 11 is 0. The van der Waals surface area contributed by atoms with Gasteiger partial charge in [0.15, 0.2) is 0 Å². The van der Waals surface area contributed by atoms with Crippen molar-refractivity contribution in [1.82, 2.24) is 0 Å². The molecule has 1 aliphatic carbocycles. The number of hydrogen-bond acceptors (Lipinski definition) is 1. The minimum absolute atomic E-state index is 0.280. The van der Waals surface area contributed by atoms with Gasteiger partial charge in [0.1, 0.15) is 0 Å². The second kappa shape index (κ2) is 12.3. The second-order valence-corrected chi connectivity index (χ2v) is 9.23. The Morgan fingerprint density at radius 1 is 0.964 bits per heavy atom. The Morgan fingerprint density at radius 3 is 2.18 bits per heavy atom. The van der Waals surface area contributed by atoms with Gasteiger partial charge in [-0.2, -0.15) is 0 Å². The molecule has 0 heterocycles. The van der Waals surface area contributed by atoms with Crippen LogP contribution in [0.5, 0.6) is 0 Å². The lowest BCUT2D eigenvalue weighted by Crippen LogP contribution is -2.33. The van der Waals surface area contributed by atoms with E-state index in [1.165, 1.54) is 89.0 Å². The van der Waals surface area contributed by atoms with Gasteiger partial charge >= 0.3 is 5.97 Å². The highest BCUT2D eigenvalue weighted by Gasteiger charge is 2.41. The lowest BCUT2D eigenvalue weighted by atomic mass is 9.59. The number of rotatable bonds is 13. The van der Waals surface area contributed by atoms with E-state index < -0.39 is 5.97 Å². The minimum Gasteiger partial charge on any atom is -0.481 e. The summed E-state index contributed by atoms with van der Waals surface area (Å²) in [5.74, 6) is -0.555. The zero-order valence-electron chi connectivity index (χ0n) is 18.3. The third-order valence-corrected chi connectivity index (χ3v) is 7.08. The number of carboxylic acids is 1. The van der Waals surface area contributed by atoms with E-state index in [0.717, 1.165) is 6.42 Å². The smallest absolute Gasteiger partial charge is 0.306 e. The first-order valence-corrected chi connectivity index (χ1v) is 11.9. The highest BCUT2D eigenvalue weighted by Crippen LogP contribution is 2.53. The molecule has 0 aromatic heterocycles. The molecule has 0 bridgehead atoms. The van der Waals surface area contributed by atoms with Crippen molar-refractivity contribution in [3.05, 3.63) is 35.9 Å². The molecular formula is C26H42O2. The van der Waals surface area contributed by atoms with Crippen molar-refractivity contribution in [2.24, 2.45) is 11.3 Å². The average Bonchev–Trinajstić information content (AvgIpc) is 2.72. The monoisotopic (exact) mass is 386 g/mol. The van der Waals surface area contributed by atoms with Crippen LogP contribution in [0.25, 0.3) is 0 Å². The van der Waals surface area contributed by atoms with Crippen LogP contribution < -0.4 is 0 Å². The van der Waals surface area contributed by atoms with E-state index in [2.05, 4.69) is 37.3 Å². The Morgan fingerprint density at radius 2 is 1.57 bits per heavy atom. The van der Waals surface area contributed by atoms with Crippen molar-refractivity contribution in [3.8, 4) is 0 Å². The summed E-state index contributed by atoms with van der Waals surface area (Å²) in [5.41, 5.74) is 1.66. The average molecular weight is 387 g/mol. The van der Waals surface area contributed by atoms with E-state index in [1.54, 1.807) is 0 Å². The van der Waals surface area contributed by atoms with Crippen LogP contribution in [-0.2, 0) is 4.79 Å². The Balaban J connectivity index is 2.09. The van der Waals surface area contributed by atoms with E-state index in [1.807, 2.05) is 6.92 Å². The van der Waals surface area contributed by atoms with Crippen molar-refractivity contribution in [2.75, 3.05) is 0 Å². The summed E-state index contributed by atoms with van der Waals surface area (Å²) in [6, 6.07) is 10.8. The van der Waals surface area contributed by atoms with E-state index in [9.17, 15) is 9.90 Å². The molecule has 1 aromatic rings. The molecule has 0 radical (unpaired) electrons. The molecule has 0 aliphatic heterocycles. The summed E-state index contributed by atoms with van der Waals surface area (Å²) in [5, 5.41) is 9.58. The molecule has 0 amide bonds. The lowest BCUT2D eigenvalue weighted by Gasteiger charge is -2.45. The maximum absolute atomic E-state index is 11.6. The molecule has 28 heavy (non-hydrogen) atoms. The summed E-state index contributed by atoms with van der Waals surface area (Å²) in [6.07, 6.45) is 18.0. The van der Waals surface area contributed by atoms with Gasteiger partial charge in [0, 0.05) is 0 Å².